The summed E-state index contributed by atoms with van der Waals surface area (Å²) in [6.45, 7) is 2.73. The topological polar surface area (TPSA) is 55.7 Å². The number of hydrogen-bond donors (Lipinski definition) is 1. The molecule has 6 nitrogen and oxygen atoms in total. The number of carbonyl (C=O) groups is 1. The van der Waals surface area contributed by atoms with E-state index in [1.807, 2.05) is 37.5 Å². The highest BCUT2D eigenvalue weighted by Crippen LogP contribution is 2.24. The Bertz CT molecular complexity index is 723. The number of hydrogen-bond acceptors (Lipinski definition) is 4. The van der Waals surface area contributed by atoms with Crippen molar-refractivity contribution >= 4 is 5.91 Å². The van der Waals surface area contributed by atoms with Gasteiger partial charge in [0.15, 0.2) is 6.61 Å². The van der Waals surface area contributed by atoms with E-state index in [1.54, 1.807) is 13.2 Å². The molecular weight excluding hydrogens is 330 g/mol. The molecule has 3 rings (SSSR count). The quantitative estimate of drug-likeness (QED) is 0.788. The van der Waals surface area contributed by atoms with E-state index in [2.05, 4.69) is 20.9 Å². The molecule has 1 fully saturated rings. The van der Waals surface area contributed by atoms with Crippen molar-refractivity contribution in [3.8, 4) is 11.5 Å². The van der Waals surface area contributed by atoms with Gasteiger partial charge < -0.3 is 19.4 Å². The monoisotopic (exact) mass is 357 g/mol. The molecule has 6 heteroatoms. The second-order valence-electron chi connectivity index (χ2n) is 6.57. The standard InChI is InChI=1S/C20H27N3O3/c1-22-10-6-9-18(22)19(23-11-3-4-12-23)14-21-20(24)15-26-17-8-5-7-16(13-17)25-2/h5-10,13,19H,3-4,11-12,14-15H2,1-2H3,(H,21,24). The third-order valence-corrected chi connectivity index (χ3v) is 4.81. The molecule has 1 atom stereocenters. The second kappa shape index (κ2) is 8.76. The zero-order valence-corrected chi connectivity index (χ0v) is 15.5. The summed E-state index contributed by atoms with van der Waals surface area (Å²) in [5.41, 5.74) is 1.22. The van der Waals surface area contributed by atoms with Gasteiger partial charge in [0.2, 0.25) is 0 Å². The van der Waals surface area contributed by atoms with Crippen LogP contribution in [0.25, 0.3) is 0 Å². The van der Waals surface area contributed by atoms with Gasteiger partial charge in [0.05, 0.1) is 13.2 Å². The first-order valence-corrected chi connectivity index (χ1v) is 9.06. The van der Waals surface area contributed by atoms with Crippen molar-refractivity contribution in [3.63, 3.8) is 0 Å². The molecule has 0 spiro atoms. The Morgan fingerprint density at radius 2 is 1.96 bits per heavy atom. The van der Waals surface area contributed by atoms with Gasteiger partial charge in [0, 0.05) is 31.5 Å². The van der Waals surface area contributed by atoms with E-state index in [9.17, 15) is 4.79 Å². The summed E-state index contributed by atoms with van der Waals surface area (Å²) < 4.78 is 12.9. The molecule has 140 valence electrons. The normalized spacial score (nSPS) is 15.6. The highest BCUT2D eigenvalue weighted by Gasteiger charge is 2.25. The third-order valence-electron chi connectivity index (χ3n) is 4.81. The highest BCUT2D eigenvalue weighted by atomic mass is 16.5. The maximum Gasteiger partial charge on any atom is 0.258 e. The van der Waals surface area contributed by atoms with Gasteiger partial charge in [-0.05, 0) is 50.2 Å². The molecule has 1 unspecified atom stereocenters. The van der Waals surface area contributed by atoms with Crippen LogP contribution in [0, 0.1) is 0 Å². The van der Waals surface area contributed by atoms with Crippen LogP contribution in [0.3, 0.4) is 0 Å². The Morgan fingerprint density at radius 1 is 1.19 bits per heavy atom. The Kier molecular flexibility index (Phi) is 6.17. The van der Waals surface area contributed by atoms with Gasteiger partial charge in [-0.2, -0.15) is 0 Å². The van der Waals surface area contributed by atoms with Crippen LogP contribution in [-0.4, -0.2) is 48.7 Å². The number of methoxy groups -OCH3 is 1. The van der Waals surface area contributed by atoms with E-state index in [0.29, 0.717) is 18.0 Å². The Labute approximate surface area is 154 Å². The molecule has 0 aliphatic carbocycles. The molecule has 1 amide bonds. The smallest absolute Gasteiger partial charge is 0.258 e. The second-order valence-corrected chi connectivity index (χ2v) is 6.57. The first-order chi connectivity index (χ1) is 12.7. The average molecular weight is 357 g/mol. The number of nitrogens with one attached hydrogen (secondary N) is 1. The number of amides is 1. The molecule has 1 aliphatic rings. The number of ether oxygens (including phenoxy) is 2. The number of nitrogens with zero attached hydrogens (tertiary/aromatic N) is 2. The summed E-state index contributed by atoms with van der Waals surface area (Å²) in [5.74, 6) is 1.21. The van der Waals surface area contributed by atoms with Crippen molar-refractivity contribution in [3.05, 3.63) is 48.3 Å². The van der Waals surface area contributed by atoms with Gasteiger partial charge in [-0.3, -0.25) is 9.69 Å². The van der Waals surface area contributed by atoms with Crippen LogP contribution >= 0.6 is 0 Å². The minimum Gasteiger partial charge on any atom is -0.497 e. The zero-order valence-electron chi connectivity index (χ0n) is 15.5. The molecular formula is C20H27N3O3. The Morgan fingerprint density at radius 3 is 2.65 bits per heavy atom. The van der Waals surface area contributed by atoms with Crippen LogP contribution in [0.1, 0.15) is 24.6 Å². The summed E-state index contributed by atoms with van der Waals surface area (Å²) >= 11 is 0. The van der Waals surface area contributed by atoms with E-state index in [-0.39, 0.29) is 18.6 Å². The van der Waals surface area contributed by atoms with Gasteiger partial charge in [-0.1, -0.05) is 6.07 Å². The van der Waals surface area contributed by atoms with Crippen molar-refractivity contribution < 1.29 is 14.3 Å². The van der Waals surface area contributed by atoms with Crippen molar-refractivity contribution in [1.82, 2.24) is 14.8 Å². The van der Waals surface area contributed by atoms with E-state index in [4.69, 9.17) is 9.47 Å². The number of rotatable bonds is 8. The van der Waals surface area contributed by atoms with Crippen LogP contribution < -0.4 is 14.8 Å². The first kappa shape index (κ1) is 18.3. The van der Waals surface area contributed by atoms with E-state index < -0.39 is 0 Å². The molecule has 1 aliphatic heterocycles. The van der Waals surface area contributed by atoms with Gasteiger partial charge >= 0.3 is 0 Å². The molecule has 1 saturated heterocycles. The van der Waals surface area contributed by atoms with Crippen molar-refractivity contribution in [2.24, 2.45) is 7.05 Å². The lowest BCUT2D eigenvalue weighted by atomic mass is 10.1. The minimum absolute atomic E-state index is 0.00692. The molecule has 0 bridgehead atoms. The lowest BCUT2D eigenvalue weighted by Gasteiger charge is -2.28. The van der Waals surface area contributed by atoms with Crippen LogP contribution in [0.15, 0.2) is 42.6 Å². The molecule has 2 aromatic rings. The zero-order chi connectivity index (χ0) is 18.4. The predicted molar refractivity (Wildman–Crippen MR) is 100 cm³/mol. The van der Waals surface area contributed by atoms with E-state index in [1.165, 1.54) is 18.5 Å². The fourth-order valence-corrected chi connectivity index (χ4v) is 3.40. The maximum absolute atomic E-state index is 12.3. The number of carbonyl (C=O) groups excluding carboxylic acids is 1. The van der Waals surface area contributed by atoms with Gasteiger partial charge in [0.1, 0.15) is 11.5 Å². The third kappa shape index (κ3) is 4.58. The van der Waals surface area contributed by atoms with E-state index >= 15 is 0 Å². The van der Waals surface area contributed by atoms with Crippen LogP contribution in [-0.2, 0) is 11.8 Å². The molecule has 1 N–H and O–H groups in total. The number of likely N-dealkylation sites (tertiary alicyclic amines) is 1. The molecule has 0 radical (unpaired) electrons. The largest absolute Gasteiger partial charge is 0.497 e. The predicted octanol–water partition coefficient (Wildman–Crippen LogP) is 2.37. The summed E-state index contributed by atoms with van der Waals surface area (Å²) in [5, 5.41) is 3.02. The number of benzene rings is 1. The lowest BCUT2D eigenvalue weighted by Crippen LogP contribution is -2.39. The molecule has 0 saturated carbocycles. The Balaban J connectivity index is 1.54. The highest BCUT2D eigenvalue weighted by molar-refractivity contribution is 5.77. The molecule has 2 heterocycles. The minimum atomic E-state index is -0.119. The number of aromatic nitrogens is 1. The molecule has 1 aromatic heterocycles. The van der Waals surface area contributed by atoms with Crippen LogP contribution in [0.2, 0.25) is 0 Å². The van der Waals surface area contributed by atoms with Crippen molar-refractivity contribution in [2.45, 2.75) is 18.9 Å². The van der Waals surface area contributed by atoms with Gasteiger partial charge in [0.25, 0.3) is 5.91 Å². The molecule has 1 aromatic carbocycles. The van der Waals surface area contributed by atoms with Gasteiger partial charge in [-0.25, -0.2) is 0 Å². The Hall–Kier alpha value is -2.47. The summed E-state index contributed by atoms with van der Waals surface area (Å²) in [7, 11) is 3.65. The first-order valence-electron chi connectivity index (χ1n) is 9.06. The maximum atomic E-state index is 12.3. The summed E-state index contributed by atoms with van der Waals surface area (Å²) in [6, 6.07) is 11.6. The van der Waals surface area contributed by atoms with E-state index in [0.717, 1.165) is 13.1 Å². The van der Waals surface area contributed by atoms with Crippen LogP contribution in [0.5, 0.6) is 11.5 Å². The summed E-state index contributed by atoms with van der Waals surface area (Å²) in [4.78, 5) is 14.7. The fraction of sp³-hybridized carbons (Fsp3) is 0.450. The van der Waals surface area contributed by atoms with Crippen molar-refractivity contribution in [2.75, 3.05) is 33.4 Å². The molecule has 26 heavy (non-hydrogen) atoms. The van der Waals surface area contributed by atoms with Crippen LogP contribution in [0.4, 0.5) is 0 Å². The average Bonchev–Trinajstić information content (AvgIpc) is 3.33. The number of aryl methyl sites for hydroxylation is 1. The fourth-order valence-electron chi connectivity index (χ4n) is 3.40. The van der Waals surface area contributed by atoms with Crippen molar-refractivity contribution in [1.29, 1.82) is 0 Å². The van der Waals surface area contributed by atoms with Gasteiger partial charge in [-0.15, -0.1) is 0 Å². The SMILES string of the molecule is COc1cccc(OCC(=O)NCC(c2cccn2C)N2CCCC2)c1. The summed E-state index contributed by atoms with van der Waals surface area (Å²) in [6.07, 6.45) is 4.48. The lowest BCUT2D eigenvalue weighted by molar-refractivity contribution is -0.123.